The Labute approximate surface area is 158 Å². The minimum Gasteiger partial charge on any atom is -0.496 e. The van der Waals surface area contributed by atoms with Crippen molar-refractivity contribution in [3.63, 3.8) is 0 Å². The molecule has 1 amide bonds. The molecule has 0 saturated carbocycles. The van der Waals surface area contributed by atoms with Gasteiger partial charge >= 0.3 is 0 Å². The monoisotopic (exact) mass is 363 g/mol. The summed E-state index contributed by atoms with van der Waals surface area (Å²) in [6, 6.07) is 22.7. The van der Waals surface area contributed by atoms with E-state index in [4.69, 9.17) is 14.2 Å². The zero-order valence-corrected chi connectivity index (χ0v) is 15.3. The molecule has 3 aromatic rings. The predicted octanol–water partition coefficient (Wildman–Crippen LogP) is 4.39. The Bertz CT molecular complexity index is 887. The standard InChI is InChI=1S/C22H21NO4/c1-25-17-12-18(26-2)14-19(13-17)27-15-22(24)23-21-11-7-6-10-20(21)16-8-4-3-5-9-16/h3-14H,15H2,1-2H3,(H,23,24). The van der Waals surface area contributed by atoms with Gasteiger partial charge < -0.3 is 19.5 Å². The van der Waals surface area contributed by atoms with Crippen LogP contribution in [-0.4, -0.2) is 26.7 Å². The Morgan fingerprint density at radius 3 is 2.07 bits per heavy atom. The van der Waals surface area contributed by atoms with Gasteiger partial charge in [0.2, 0.25) is 0 Å². The van der Waals surface area contributed by atoms with Crippen molar-refractivity contribution < 1.29 is 19.0 Å². The van der Waals surface area contributed by atoms with Crippen molar-refractivity contribution >= 4 is 11.6 Å². The molecular weight excluding hydrogens is 342 g/mol. The van der Waals surface area contributed by atoms with Gasteiger partial charge in [0, 0.05) is 29.4 Å². The summed E-state index contributed by atoms with van der Waals surface area (Å²) in [5.41, 5.74) is 2.72. The lowest BCUT2D eigenvalue weighted by atomic mass is 10.0. The average molecular weight is 363 g/mol. The molecule has 0 heterocycles. The Kier molecular flexibility index (Phi) is 5.94. The van der Waals surface area contributed by atoms with Gasteiger partial charge in [-0.1, -0.05) is 48.5 Å². The van der Waals surface area contributed by atoms with E-state index in [2.05, 4.69) is 5.32 Å². The highest BCUT2D eigenvalue weighted by Crippen LogP contribution is 2.29. The summed E-state index contributed by atoms with van der Waals surface area (Å²) in [5, 5.41) is 2.91. The number of carbonyl (C=O) groups is 1. The molecule has 0 aliphatic carbocycles. The van der Waals surface area contributed by atoms with E-state index in [1.165, 1.54) is 0 Å². The van der Waals surface area contributed by atoms with Crippen molar-refractivity contribution in [3.05, 3.63) is 72.8 Å². The fraction of sp³-hybridized carbons (Fsp3) is 0.136. The molecule has 1 N–H and O–H groups in total. The van der Waals surface area contributed by atoms with Gasteiger partial charge in [-0.05, 0) is 11.6 Å². The Hall–Kier alpha value is -3.47. The first-order chi connectivity index (χ1) is 13.2. The molecule has 3 rings (SSSR count). The maximum Gasteiger partial charge on any atom is 0.262 e. The second-order valence-corrected chi connectivity index (χ2v) is 5.80. The van der Waals surface area contributed by atoms with Crippen molar-refractivity contribution in [2.75, 3.05) is 26.1 Å². The molecule has 0 aromatic heterocycles. The number of ether oxygens (including phenoxy) is 3. The van der Waals surface area contributed by atoms with Crippen LogP contribution in [-0.2, 0) is 4.79 Å². The van der Waals surface area contributed by atoms with Gasteiger partial charge in [-0.15, -0.1) is 0 Å². The number of rotatable bonds is 7. The summed E-state index contributed by atoms with van der Waals surface area (Å²) >= 11 is 0. The van der Waals surface area contributed by atoms with Crippen LogP contribution in [0.5, 0.6) is 17.2 Å². The van der Waals surface area contributed by atoms with Crippen LogP contribution in [0.3, 0.4) is 0 Å². The lowest BCUT2D eigenvalue weighted by molar-refractivity contribution is -0.118. The average Bonchev–Trinajstić information content (AvgIpc) is 2.73. The van der Waals surface area contributed by atoms with Crippen molar-refractivity contribution in [2.45, 2.75) is 0 Å². The number of anilines is 1. The Morgan fingerprint density at radius 2 is 1.41 bits per heavy atom. The maximum atomic E-state index is 12.4. The van der Waals surface area contributed by atoms with Crippen LogP contribution in [0.1, 0.15) is 0 Å². The molecule has 0 saturated heterocycles. The van der Waals surface area contributed by atoms with Crippen molar-refractivity contribution in [2.24, 2.45) is 0 Å². The van der Waals surface area contributed by atoms with E-state index in [1.807, 2.05) is 54.6 Å². The summed E-state index contributed by atoms with van der Waals surface area (Å²) in [5.74, 6) is 1.44. The number of para-hydroxylation sites is 1. The largest absolute Gasteiger partial charge is 0.496 e. The minimum absolute atomic E-state index is 0.126. The zero-order chi connectivity index (χ0) is 19.1. The van der Waals surface area contributed by atoms with Crippen LogP contribution in [0.15, 0.2) is 72.8 Å². The molecule has 0 aliphatic heterocycles. The SMILES string of the molecule is COc1cc(OC)cc(OCC(=O)Nc2ccccc2-c2ccccc2)c1. The molecule has 0 spiro atoms. The molecule has 5 nitrogen and oxygen atoms in total. The van der Waals surface area contributed by atoms with Crippen molar-refractivity contribution in [3.8, 4) is 28.4 Å². The fourth-order valence-corrected chi connectivity index (χ4v) is 2.66. The third kappa shape index (κ3) is 4.79. The molecule has 0 radical (unpaired) electrons. The Morgan fingerprint density at radius 1 is 0.815 bits per heavy atom. The fourth-order valence-electron chi connectivity index (χ4n) is 2.66. The van der Waals surface area contributed by atoms with Gasteiger partial charge in [-0.25, -0.2) is 0 Å². The maximum absolute atomic E-state index is 12.4. The number of nitrogens with one attached hydrogen (secondary N) is 1. The lowest BCUT2D eigenvalue weighted by Gasteiger charge is -2.13. The third-order valence-electron chi connectivity index (χ3n) is 3.98. The van der Waals surface area contributed by atoms with E-state index in [0.717, 1.165) is 16.8 Å². The number of benzene rings is 3. The minimum atomic E-state index is -0.250. The lowest BCUT2D eigenvalue weighted by Crippen LogP contribution is -2.20. The molecule has 0 unspecified atom stereocenters. The van der Waals surface area contributed by atoms with E-state index >= 15 is 0 Å². The van der Waals surface area contributed by atoms with Crippen LogP contribution in [0, 0.1) is 0 Å². The first-order valence-electron chi connectivity index (χ1n) is 8.50. The highest BCUT2D eigenvalue weighted by molar-refractivity contribution is 5.96. The molecule has 138 valence electrons. The molecule has 5 heteroatoms. The third-order valence-corrected chi connectivity index (χ3v) is 3.98. The van der Waals surface area contributed by atoms with Crippen molar-refractivity contribution in [1.29, 1.82) is 0 Å². The Balaban J connectivity index is 1.69. The summed E-state index contributed by atoms with van der Waals surface area (Å²) < 4.78 is 16.0. The number of carbonyl (C=O) groups excluding carboxylic acids is 1. The van der Waals surface area contributed by atoms with Crippen LogP contribution in [0.2, 0.25) is 0 Å². The smallest absolute Gasteiger partial charge is 0.262 e. The first-order valence-corrected chi connectivity index (χ1v) is 8.50. The van der Waals surface area contributed by atoms with Gasteiger partial charge in [0.25, 0.3) is 5.91 Å². The van der Waals surface area contributed by atoms with E-state index in [-0.39, 0.29) is 12.5 Å². The molecule has 0 atom stereocenters. The second kappa shape index (κ2) is 8.76. The van der Waals surface area contributed by atoms with Crippen LogP contribution in [0.25, 0.3) is 11.1 Å². The molecule has 3 aromatic carbocycles. The molecule has 27 heavy (non-hydrogen) atoms. The molecule has 0 bridgehead atoms. The van der Waals surface area contributed by atoms with Gasteiger partial charge in [-0.2, -0.15) is 0 Å². The summed E-state index contributed by atoms with van der Waals surface area (Å²) in [4.78, 5) is 12.4. The van der Waals surface area contributed by atoms with Gasteiger partial charge in [-0.3, -0.25) is 4.79 Å². The van der Waals surface area contributed by atoms with E-state index in [0.29, 0.717) is 17.2 Å². The van der Waals surface area contributed by atoms with Gasteiger partial charge in [0.15, 0.2) is 6.61 Å². The highest BCUT2D eigenvalue weighted by atomic mass is 16.5. The molecule has 0 aliphatic rings. The summed E-state index contributed by atoms with van der Waals surface area (Å²) in [6.07, 6.45) is 0. The number of methoxy groups -OCH3 is 2. The van der Waals surface area contributed by atoms with Crippen LogP contribution >= 0.6 is 0 Å². The van der Waals surface area contributed by atoms with Crippen LogP contribution < -0.4 is 19.5 Å². The number of amides is 1. The van der Waals surface area contributed by atoms with Gasteiger partial charge in [0.1, 0.15) is 17.2 Å². The predicted molar refractivity (Wildman–Crippen MR) is 106 cm³/mol. The zero-order valence-electron chi connectivity index (χ0n) is 15.3. The topological polar surface area (TPSA) is 56.8 Å². The molecule has 0 fully saturated rings. The van der Waals surface area contributed by atoms with E-state index in [1.54, 1.807) is 32.4 Å². The first kappa shape index (κ1) is 18.3. The highest BCUT2D eigenvalue weighted by Gasteiger charge is 2.10. The van der Waals surface area contributed by atoms with E-state index < -0.39 is 0 Å². The quantitative estimate of drug-likeness (QED) is 0.676. The van der Waals surface area contributed by atoms with Gasteiger partial charge in [0.05, 0.1) is 14.2 Å². The van der Waals surface area contributed by atoms with E-state index in [9.17, 15) is 4.79 Å². The molecular formula is C22H21NO4. The van der Waals surface area contributed by atoms with Crippen LogP contribution in [0.4, 0.5) is 5.69 Å². The normalized spacial score (nSPS) is 10.1. The number of hydrogen-bond donors (Lipinski definition) is 1. The summed E-state index contributed by atoms with van der Waals surface area (Å²) in [6.45, 7) is -0.126. The number of hydrogen-bond acceptors (Lipinski definition) is 4. The summed E-state index contributed by atoms with van der Waals surface area (Å²) in [7, 11) is 3.12. The second-order valence-electron chi connectivity index (χ2n) is 5.80. The van der Waals surface area contributed by atoms with Crippen molar-refractivity contribution in [1.82, 2.24) is 0 Å².